The standard InChI is InChI=1S/C27H33N5O3/c1-20-24(19-28-25-12-13-29-32(20)25)27(34)30-14-5-9-26(33)31-15-3-2-7-22(31)11-10-21-6-4-8-23(18-21)35-17-16-30/h4,6,8,12-13,18-19,22H,2-3,5,7,9-11,14-17H2,1H3. The van der Waals surface area contributed by atoms with Gasteiger partial charge >= 0.3 is 0 Å². The number of nitrogens with zero attached hydrogens (tertiary/aromatic N) is 5. The highest BCUT2D eigenvalue weighted by atomic mass is 16.5. The molecule has 0 aliphatic carbocycles. The monoisotopic (exact) mass is 475 g/mol. The number of amides is 2. The number of hydrogen-bond donors (Lipinski definition) is 0. The smallest absolute Gasteiger partial charge is 0.257 e. The summed E-state index contributed by atoms with van der Waals surface area (Å²) in [6.45, 7) is 4.02. The zero-order valence-corrected chi connectivity index (χ0v) is 20.4. The third-order valence-corrected chi connectivity index (χ3v) is 7.23. The molecule has 0 saturated carbocycles. The van der Waals surface area contributed by atoms with Gasteiger partial charge in [0.05, 0.1) is 24.0 Å². The molecule has 0 spiro atoms. The highest BCUT2D eigenvalue weighted by molar-refractivity contribution is 5.95. The molecule has 2 amide bonds. The van der Waals surface area contributed by atoms with Crippen LogP contribution in [0.25, 0.3) is 5.65 Å². The lowest BCUT2D eigenvalue weighted by atomic mass is 9.95. The van der Waals surface area contributed by atoms with Crippen molar-refractivity contribution >= 4 is 17.5 Å². The van der Waals surface area contributed by atoms with Crippen LogP contribution < -0.4 is 4.74 Å². The second-order valence-electron chi connectivity index (χ2n) is 9.53. The van der Waals surface area contributed by atoms with E-state index in [1.165, 1.54) is 12.0 Å². The van der Waals surface area contributed by atoms with Gasteiger partial charge in [-0.25, -0.2) is 9.50 Å². The third kappa shape index (κ3) is 5.16. The molecule has 0 N–H and O–H groups in total. The molecule has 3 aromatic rings. The summed E-state index contributed by atoms with van der Waals surface area (Å²) in [7, 11) is 0. The first-order chi connectivity index (χ1) is 17.1. The Morgan fingerprint density at radius 1 is 1.06 bits per heavy atom. The predicted molar refractivity (Wildman–Crippen MR) is 132 cm³/mol. The van der Waals surface area contributed by atoms with Crippen LogP contribution in [-0.4, -0.2) is 68.5 Å². The van der Waals surface area contributed by atoms with Crippen LogP contribution in [-0.2, 0) is 11.2 Å². The number of hydrogen-bond acceptors (Lipinski definition) is 5. The maximum Gasteiger partial charge on any atom is 0.257 e. The van der Waals surface area contributed by atoms with Crippen LogP contribution in [0.5, 0.6) is 5.75 Å². The summed E-state index contributed by atoms with van der Waals surface area (Å²) in [5.74, 6) is 0.910. The first-order valence-electron chi connectivity index (χ1n) is 12.7. The average Bonchev–Trinajstić information content (AvgIpc) is 3.36. The van der Waals surface area contributed by atoms with E-state index < -0.39 is 0 Å². The Morgan fingerprint density at radius 2 is 1.97 bits per heavy atom. The molecule has 0 radical (unpaired) electrons. The number of benzene rings is 1. The lowest BCUT2D eigenvalue weighted by Gasteiger charge is -2.36. The van der Waals surface area contributed by atoms with E-state index in [0.717, 1.165) is 43.7 Å². The van der Waals surface area contributed by atoms with Crippen LogP contribution in [0, 0.1) is 6.92 Å². The van der Waals surface area contributed by atoms with Gasteiger partial charge in [0.2, 0.25) is 5.91 Å². The van der Waals surface area contributed by atoms with Crippen molar-refractivity contribution in [2.24, 2.45) is 0 Å². The Kier molecular flexibility index (Phi) is 6.97. The van der Waals surface area contributed by atoms with Crippen LogP contribution in [0.15, 0.2) is 42.7 Å². The van der Waals surface area contributed by atoms with Gasteiger partial charge in [0.25, 0.3) is 5.91 Å². The van der Waals surface area contributed by atoms with E-state index in [0.29, 0.717) is 49.8 Å². The van der Waals surface area contributed by atoms with Crippen molar-refractivity contribution in [2.45, 2.75) is 57.9 Å². The van der Waals surface area contributed by atoms with Crippen molar-refractivity contribution in [1.29, 1.82) is 0 Å². The molecule has 4 heterocycles. The first kappa shape index (κ1) is 23.3. The molecule has 5 rings (SSSR count). The Balaban J connectivity index is 1.38. The number of rotatable bonds is 1. The van der Waals surface area contributed by atoms with Gasteiger partial charge in [-0.3, -0.25) is 9.59 Å². The molecule has 2 bridgehead atoms. The highest BCUT2D eigenvalue weighted by Gasteiger charge is 2.27. The zero-order chi connectivity index (χ0) is 24.2. The Morgan fingerprint density at radius 3 is 2.89 bits per heavy atom. The maximum atomic E-state index is 13.6. The minimum Gasteiger partial charge on any atom is -0.492 e. The summed E-state index contributed by atoms with van der Waals surface area (Å²) >= 11 is 0. The molecule has 2 aromatic heterocycles. The average molecular weight is 476 g/mol. The third-order valence-electron chi connectivity index (χ3n) is 7.23. The van der Waals surface area contributed by atoms with E-state index in [4.69, 9.17) is 4.74 Å². The summed E-state index contributed by atoms with van der Waals surface area (Å²) < 4.78 is 7.73. The van der Waals surface area contributed by atoms with Crippen LogP contribution in [0.2, 0.25) is 0 Å². The molecule has 2 aliphatic rings. The van der Waals surface area contributed by atoms with E-state index in [2.05, 4.69) is 27.1 Å². The summed E-state index contributed by atoms with van der Waals surface area (Å²) in [5, 5.41) is 4.29. The lowest BCUT2D eigenvalue weighted by Crippen LogP contribution is -2.44. The molecule has 184 valence electrons. The largest absolute Gasteiger partial charge is 0.492 e. The van der Waals surface area contributed by atoms with Gasteiger partial charge in [0.1, 0.15) is 12.4 Å². The number of aromatic nitrogens is 3. The SMILES string of the molecule is Cc1c(C(=O)N2CCCC(=O)N3CCCCC3CCc3cccc(c3)OCC2)cnc2ccnn12. The molecule has 8 nitrogen and oxygen atoms in total. The second-order valence-corrected chi connectivity index (χ2v) is 9.53. The summed E-state index contributed by atoms with van der Waals surface area (Å²) in [4.78, 5) is 35.0. The van der Waals surface area contributed by atoms with E-state index in [9.17, 15) is 9.59 Å². The molecule has 8 heteroatoms. The Labute approximate surface area is 205 Å². The summed E-state index contributed by atoms with van der Waals surface area (Å²) in [6.07, 6.45) is 9.58. The molecular formula is C27H33N5O3. The normalized spacial score (nSPS) is 20.0. The minimum absolute atomic E-state index is 0.114. The van der Waals surface area contributed by atoms with E-state index in [-0.39, 0.29) is 11.8 Å². The summed E-state index contributed by atoms with van der Waals surface area (Å²) in [5.41, 5.74) is 3.20. The number of fused-ring (bicyclic) bond motifs is 4. The molecule has 1 fully saturated rings. The van der Waals surface area contributed by atoms with Crippen molar-refractivity contribution in [2.75, 3.05) is 26.2 Å². The van der Waals surface area contributed by atoms with Crippen molar-refractivity contribution in [3.8, 4) is 5.75 Å². The zero-order valence-electron chi connectivity index (χ0n) is 20.4. The van der Waals surface area contributed by atoms with Gasteiger partial charge in [0.15, 0.2) is 5.65 Å². The first-order valence-corrected chi connectivity index (χ1v) is 12.7. The molecule has 1 saturated heterocycles. The minimum atomic E-state index is -0.114. The quantitative estimate of drug-likeness (QED) is 0.537. The van der Waals surface area contributed by atoms with E-state index >= 15 is 0 Å². The number of ether oxygens (including phenoxy) is 1. The number of carbonyl (C=O) groups is 2. The van der Waals surface area contributed by atoms with E-state index in [1.807, 2.05) is 25.1 Å². The van der Waals surface area contributed by atoms with Crippen LogP contribution in [0.1, 0.15) is 60.1 Å². The van der Waals surface area contributed by atoms with Crippen LogP contribution >= 0.6 is 0 Å². The Hall–Kier alpha value is -3.42. The van der Waals surface area contributed by atoms with Crippen molar-refractivity contribution in [1.82, 2.24) is 24.4 Å². The van der Waals surface area contributed by atoms with Crippen molar-refractivity contribution in [3.63, 3.8) is 0 Å². The molecule has 1 unspecified atom stereocenters. The number of aryl methyl sites for hydroxylation is 2. The van der Waals surface area contributed by atoms with Crippen LogP contribution in [0.3, 0.4) is 0 Å². The number of carbonyl (C=O) groups excluding carboxylic acids is 2. The fourth-order valence-corrected chi connectivity index (χ4v) is 5.28. The van der Waals surface area contributed by atoms with Crippen LogP contribution in [0.4, 0.5) is 0 Å². The van der Waals surface area contributed by atoms with Gasteiger partial charge in [-0.15, -0.1) is 0 Å². The van der Waals surface area contributed by atoms with E-state index in [1.54, 1.807) is 21.8 Å². The van der Waals surface area contributed by atoms with Gasteiger partial charge in [0, 0.05) is 37.8 Å². The fourth-order valence-electron chi connectivity index (χ4n) is 5.28. The van der Waals surface area contributed by atoms with Gasteiger partial charge in [-0.2, -0.15) is 5.10 Å². The van der Waals surface area contributed by atoms with Gasteiger partial charge in [-0.1, -0.05) is 12.1 Å². The second kappa shape index (κ2) is 10.5. The summed E-state index contributed by atoms with van der Waals surface area (Å²) in [6, 6.07) is 10.3. The Bertz CT molecular complexity index is 1210. The molecule has 35 heavy (non-hydrogen) atoms. The van der Waals surface area contributed by atoms with Gasteiger partial charge in [-0.05, 0) is 63.1 Å². The number of piperidine rings is 1. The van der Waals surface area contributed by atoms with Gasteiger partial charge < -0.3 is 14.5 Å². The fraction of sp³-hybridized carbons (Fsp3) is 0.481. The predicted octanol–water partition coefficient (Wildman–Crippen LogP) is 3.67. The lowest BCUT2D eigenvalue weighted by molar-refractivity contribution is -0.135. The molecule has 2 aliphatic heterocycles. The molecule has 1 atom stereocenters. The molecule has 1 aromatic carbocycles. The highest BCUT2D eigenvalue weighted by Crippen LogP contribution is 2.24. The molecular weight excluding hydrogens is 442 g/mol. The maximum absolute atomic E-state index is 13.6. The topological polar surface area (TPSA) is 80.0 Å². The van der Waals surface area contributed by atoms with Crippen molar-refractivity contribution < 1.29 is 14.3 Å². The van der Waals surface area contributed by atoms with Crippen molar-refractivity contribution in [3.05, 3.63) is 59.5 Å².